The molecule has 1 aliphatic heterocycles. The van der Waals surface area contributed by atoms with Gasteiger partial charge in [-0.3, -0.25) is 15.2 Å². The highest BCUT2D eigenvalue weighted by molar-refractivity contribution is 8.93. The molecule has 2 aromatic carbocycles. The van der Waals surface area contributed by atoms with Crippen molar-refractivity contribution in [2.75, 3.05) is 11.6 Å². The molecule has 29 heavy (non-hydrogen) atoms. The minimum absolute atomic E-state index is 0. The van der Waals surface area contributed by atoms with Crippen LogP contribution in [0.5, 0.6) is 0 Å². The van der Waals surface area contributed by atoms with Crippen LogP contribution in [0.15, 0.2) is 77.7 Å². The first kappa shape index (κ1) is 22.9. The number of thioether (sulfide) groups is 1. The van der Waals surface area contributed by atoms with Crippen LogP contribution in [0.3, 0.4) is 0 Å². The van der Waals surface area contributed by atoms with Crippen molar-refractivity contribution in [3.8, 4) is 0 Å². The number of aliphatic imine (C=N–C) groups is 1. The van der Waals surface area contributed by atoms with Crippen molar-refractivity contribution >= 4 is 68.4 Å². The average molecular weight is 489 g/mol. The molecule has 5 nitrogen and oxygen atoms in total. The monoisotopic (exact) mass is 488 g/mol. The van der Waals surface area contributed by atoms with E-state index in [4.69, 9.17) is 12.2 Å². The Labute approximate surface area is 190 Å². The SMILES string of the molecule is Br.C=CCNC(=S)/N=C1/NN(c2ccccc2)C(c2ccc(C(C)=O)cc2)=CS1. The van der Waals surface area contributed by atoms with E-state index in [-0.39, 0.29) is 22.8 Å². The number of halogens is 1. The number of hydrogen-bond donors (Lipinski definition) is 2. The number of para-hydroxylation sites is 1. The smallest absolute Gasteiger partial charge is 0.195 e. The fourth-order valence-corrected chi connectivity index (χ4v) is 3.53. The Morgan fingerprint density at radius 1 is 1.24 bits per heavy atom. The lowest BCUT2D eigenvalue weighted by molar-refractivity contribution is 0.101. The van der Waals surface area contributed by atoms with Gasteiger partial charge in [0.15, 0.2) is 16.1 Å². The molecule has 0 saturated carbocycles. The molecule has 0 aliphatic carbocycles. The Morgan fingerprint density at radius 2 is 1.93 bits per heavy atom. The van der Waals surface area contributed by atoms with Crippen LogP contribution in [-0.4, -0.2) is 22.6 Å². The van der Waals surface area contributed by atoms with Crippen LogP contribution in [0.2, 0.25) is 0 Å². The second kappa shape index (κ2) is 10.9. The van der Waals surface area contributed by atoms with E-state index in [9.17, 15) is 4.79 Å². The van der Waals surface area contributed by atoms with Crippen molar-refractivity contribution in [2.24, 2.45) is 4.99 Å². The van der Waals surface area contributed by atoms with Gasteiger partial charge in [0, 0.05) is 23.1 Å². The van der Waals surface area contributed by atoms with Gasteiger partial charge in [0.1, 0.15) is 0 Å². The van der Waals surface area contributed by atoms with Gasteiger partial charge in [-0.15, -0.1) is 23.6 Å². The Kier molecular flexibility index (Phi) is 8.63. The van der Waals surface area contributed by atoms with Crippen molar-refractivity contribution in [3.05, 3.63) is 83.8 Å². The summed E-state index contributed by atoms with van der Waals surface area (Å²) < 4.78 is 0. The summed E-state index contributed by atoms with van der Waals surface area (Å²) in [6, 6.07) is 17.5. The van der Waals surface area contributed by atoms with Gasteiger partial charge >= 0.3 is 0 Å². The summed E-state index contributed by atoms with van der Waals surface area (Å²) in [5, 5.41) is 8.02. The number of hydrazine groups is 1. The number of nitrogens with zero attached hydrogens (tertiary/aromatic N) is 2. The lowest BCUT2D eigenvalue weighted by Crippen LogP contribution is -2.42. The Balaban J connectivity index is 0.00000300. The standard InChI is InChI=1S/C21H20N4OS2.BrH/c1-3-13-22-20(27)23-21-24-25(18-7-5-4-6-8-18)19(14-28-21)17-11-9-16(10-12-17)15(2)26;/h3-12,14H,1,13H2,2H3,(H2,22,23,24,27);1H. The van der Waals surface area contributed by atoms with Gasteiger partial charge in [-0.25, -0.2) is 0 Å². The molecule has 0 unspecified atom stereocenters. The molecule has 0 fully saturated rings. The lowest BCUT2D eigenvalue weighted by Gasteiger charge is -2.32. The molecular formula is C21H21BrN4OS2. The maximum Gasteiger partial charge on any atom is 0.195 e. The zero-order valence-corrected chi connectivity index (χ0v) is 19.1. The molecule has 2 N–H and O–H groups in total. The van der Waals surface area contributed by atoms with E-state index in [0.29, 0.717) is 22.4 Å². The van der Waals surface area contributed by atoms with E-state index in [1.54, 1.807) is 13.0 Å². The number of anilines is 1. The summed E-state index contributed by atoms with van der Waals surface area (Å²) in [7, 11) is 0. The molecule has 1 aliphatic rings. The lowest BCUT2D eigenvalue weighted by atomic mass is 10.1. The van der Waals surface area contributed by atoms with E-state index in [1.807, 2.05) is 65.0 Å². The van der Waals surface area contributed by atoms with Gasteiger partial charge < -0.3 is 5.32 Å². The van der Waals surface area contributed by atoms with Crippen LogP contribution >= 0.6 is 41.0 Å². The first-order chi connectivity index (χ1) is 13.6. The van der Waals surface area contributed by atoms with Gasteiger partial charge in [0.05, 0.1) is 11.4 Å². The van der Waals surface area contributed by atoms with E-state index in [0.717, 1.165) is 16.9 Å². The number of nitrogens with one attached hydrogen (secondary N) is 2. The topological polar surface area (TPSA) is 56.7 Å². The number of rotatable bonds is 5. The molecule has 1 heterocycles. The van der Waals surface area contributed by atoms with Gasteiger partial charge in [0.25, 0.3) is 0 Å². The minimum atomic E-state index is 0. The molecule has 0 aromatic heterocycles. The third-order valence-electron chi connectivity index (χ3n) is 3.93. The van der Waals surface area contributed by atoms with Crippen LogP contribution in [0.4, 0.5) is 5.69 Å². The number of ketones is 1. The number of thiocarbonyl (C=S) groups is 1. The van der Waals surface area contributed by atoms with Crippen LogP contribution in [0.1, 0.15) is 22.8 Å². The fraction of sp³-hybridized carbons (Fsp3) is 0.0952. The third kappa shape index (κ3) is 6.03. The summed E-state index contributed by atoms with van der Waals surface area (Å²) in [6.07, 6.45) is 1.73. The first-order valence-electron chi connectivity index (χ1n) is 8.66. The number of benzene rings is 2. The molecule has 150 valence electrons. The zero-order chi connectivity index (χ0) is 19.9. The normalized spacial score (nSPS) is 14.3. The number of hydrogen-bond acceptors (Lipinski definition) is 4. The molecule has 0 saturated heterocycles. The molecule has 3 rings (SSSR count). The predicted octanol–water partition coefficient (Wildman–Crippen LogP) is 4.94. The molecule has 0 amide bonds. The number of carbonyl (C=O) groups excluding carboxylic acids is 1. The predicted molar refractivity (Wildman–Crippen MR) is 133 cm³/mol. The quantitative estimate of drug-likeness (QED) is 0.353. The van der Waals surface area contributed by atoms with E-state index < -0.39 is 0 Å². The minimum Gasteiger partial charge on any atom is -0.357 e. The van der Waals surface area contributed by atoms with Gasteiger partial charge in [0.2, 0.25) is 0 Å². The maximum atomic E-state index is 11.6. The third-order valence-corrected chi connectivity index (χ3v) is 4.92. The van der Waals surface area contributed by atoms with Gasteiger partial charge in [-0.05, 0) is 31.3 Å². The van der Waals surface area contributed by atoms with Crippen molar-refractivity contribution in [1.82, 2.24) is 10.7 Å². The van der Waals surface area contributed by atoms with Crippen molar-refractivity contribution in [1.29, 1.82) is 0 Å². The molecule has 0 atom stereocenters. The molecule has 0 spiro atoms. The van der Waals surface area contributed by atoms with Crippen molar-refractivity contribution in [2.45, 2.75) is 6.92 Å². The summed E-state index contributed by atoms with van der Waals surface area (Å²) in [5.41, 5.74) is 6.91. The summed E-state index contributed by atoms with van der Waals surface area (Å²) >= 11 is 6.70. The largest absolute Gasteiger partial charge is 0.357 e. The Bertz CT molecular complexity index is 943. The number of Topliss-reactive ketones (excluding diaryl/α,β-unsaturated/α-hetero) is 1. The highest BCUT2D eigenvalue weighted by Crippen LogP contribution is 2.31. The second-order valence-corrected chi connectivity index (χ2v) is 7.17. The average Bonchev–Trinajstić information content (AvgIpc) is 2.73. The second-order valence-electron chi connectivity index (χ2n) is 5.93. The Hall–Kier alpha value is -2.42. The van der Waals surface area contributed by atoms with Crippen LogP contribution < -0.4 is 15.8 Å². The zero-order valence-electron chi connectivity index (χ0n) is 15.8. The van der Waals surface area contributed by atoms with E-state index in [2.05, 4.69) is 22.3 Å². The maximum absolute atomic E-state index is 11.6. The van der Waals surface area contributed by atoms with Crippen LogP contribution in [-0.2, 0) is 0 Å². The summed E-state index contributed by atoms with van der Waals surface area (Å²) in [4.78, 5) is 16.0. The Morgan fingerprint density at radius 3 is 2.55 bits per heavy atom. The van der Waals surface area contributed by atoms with Crippen molar-refractivity contribution in [3.63, 3.8) is 0 Å². The summed E-state index contributed by atoms with van der Waals surface area (Å²) in [5.74, 6) is 0.0477. The van der Waals surface area contributed by atoms with E-state index in [1.165, 1.54) is 11.8 Å². The van der Waals surface area contributed by atoms with Gasteiger partial charge in [-0.1, -0.05) is 60.3 Å². The number of carbonyl (C=O) groups is 1. The number of amidine groups is 1. The molecular weight excluding hydrogens is 468 g/mol. The highest BCUT2D eigenvalue weighted by atomic mass is 79.9. The molecule has 0 radical (unpaired) electrons. The van der Waals surface area contributed by atoms with Crippen molar-refractivity contribution < 1.29 is 4.79 Å². The molecule has 8 heteroatoms. The molecule has 2 aromatic rings. The van der Waals surface area contributed by atoms with E-state index >= 15 is 0 Å². The summed E-state index contributed by atoms with van der Waals surface area (Å²) in [6.45, 7) is 5.79. The van der Waals surface area contributed by atoms with Crippen LogP contribution in [0.25, 0.3) is 5.70 Å². The highest BCUT2D eigenvalue weighted by Gasteiger charge is 2.21. The van der Waals surface area contributed by atoms with Crippen LogP contribution in [0, 0.1) is 0 Å². The van der Waals surface area contributed by atoms with Gasteiger partial charge in [-0.2, -0.15) is 4.99 Å². The first-order valence-corrected chi connectivity index (χ1v) is 9.94. The fourth-order valence-electron chi connectivity index (χ4n) is 2.54. The molecule has 0 bridgehead atoms.